The van der Waals surface area contributed by atoms with Crippen molar-refractivity contribution in [2.75, 3.05) is 6.61 Å². The van der Waals surface area contributed by atoms with Crippen molar-refractivity contribution in [2.45, 2.75) is 63.8 Å². The number of pyridine rings is 1. The number of nitrogens with zero attached hydrogens (tertiary/aromatic N) is 2. The third-order valence-electron chi connectivity index (χ3n) is 6.49. The molecule has 0 amide bonds. The number of H-pyrrole nitrogens is 1. The highest BCUT2D eigenvalue weighted by atomic mass is 19.1. The quantitative estimate of drug-likeness (QED) is 0.519. The number of benzene rings is 1. The van der Waals surface area contributed by atoms with E-state index in [0.29, 0.717) is 22.8 Å². The molecule has 3 N–H and O–H groups in total. The summed E-state index contributed by atoms with van der Waals surface area (Å²) in [4.78, 5) is 24.5. The van der Waals surface area contributed by atoms with Crippen LogP contribution in [-0.2, 0) is 9.53 Å². The highest BCUT2D eigenvalue weighted by molar-refractivity contribution is 5.85. The van der Waals surface area contributed by atoms with Crippen molar-refractivity contribution in [3.8, 4) is 0 Å². The smallest absolute Gasteiger partial charge is 0.318 e. The van der Waals surface area contributed by atoms with Gasteiger partial charge in [-0.3, -0.25) is 9.78 Å². The van der Waals surface area contributed by atoms with Gasteiger partial charge in [0.1, 0.15) is 17.3 Å². The Kier molecular flexibility index (Phi) is 7.15. The lowest BCUT2D eigenvalue weighted by atomic mass is 9.86. The van der Waals surface area contributed by atoms with E-state index in [-0.39, 0.29) is 23.7 Å². The van der Waals surface area contributed by atoms with Crippen LogP contribution in [0.1, 0.15) is 80.8 Å². The molecule has 32 heavy (non-hydrogen) atoms. The monoisotopic (exact) mass is 438 g/mol. The second-order valence-corrected chi connectivity index (χ2v) is 8.58. The van der Waals surface area contributed by atoms with E-state index in [0.717, 1.165) is 12.8 Å². The van der Waals surface area contributed by atoms with Crippen molar-refractivity contribution in [3.05, 3.63) is 59.4 Å². The molecule has 0 radical (unpaired) electrons. The summed E-state index contributed by atoms with van der Waals surface area (Å²) in [5.41, 5.74) is 8.24. The Labute approximate surface area is 187 Å². The van der Waals surface area contributed by atoms with Crippen LogP contribution in [0.4, 0.5) is 4.39 Å². The molecule has 2 unspecified atom stereocenters. The zero-order valence-electron chi connectivity index (χ0n) is 18.5. The largest absolute Gasteiger partial charge is 0.465 e. The van der Waals surface area contributed by atoms with Crippen molar-refractivity contribution >= 4 is 17.0 Å². The van der Waals surface area contributed by atoms with Crippen LogP contribution in [0.25, 0.3) is 11.0 Å². The number of nitrogens with two attached hydrogens (primary N) is 1. The van der Waals surface area contributed by atoms with E-state index < -0.39 is 17.7 Å². The molecule has 0 spiro atoms. The zero-order valence-corrected chi connectivity index (χ0v) is 18.5. The first-order valence-corrected chi connectivity index (χ1v) is 11.6. The molecule has 2 heterocycles. The van der Waals surface area contributed by atoms with Crippen molar-refractivity contribution < 1.29 is 13.9 Å². The number of carbonyl (C=O) groups is 1. The maximum Gasteiger partial charge on any atom is 0.318 e. The van der Waals surface area contributed by atoms with E-state index in [2.05, 4.69) is 15.0 Å². The van der Waals surface area contributed by atoms with Gasteiger partial charge in [-0.05, 0) is 49.4 Å². The van der Waals surface area contributed by atoms with E-state index in [1.165, 1.54) is 32.1 Å². The number of aromatic amines is 1. The number of nitrogens with one attached hydrogen (secondary N) is 1. The Bertz CT molecular complexity index is 1040. The summed E-state index contributed by atoms with van der Waals surface area (Å²) in [5.74, 6) is -0.967. The molecule has 0 saturated heterocycles. The molecule has 1 aromatic carbocycles. The lowest BCUT2D eigenvalue weighted by Crippen LogP contribution is -2.23. The fourth-order valence-electron chi connectivity index (χ4n) is 4.75. The third kappa shape index (κ3) is 4.67. The van der Waals surface area contributed by atoms with Crippen molar-refractivity contribution in [1.82, 2.24) is 15.0 Å². The van der Waals surface area contributed by atoms with E-state index in [9.17, 15) is 4.79 Å². The van der Waals surface area contributed by atoms with Crippen LogP contribution in [0.15, 0.2) is 36.7 Å². The highest BCUT2D eigenvalue weighted by Crippen LogP contribution is 2.34. The van der Waals surface area contributed by atoms with E-state index >= 15 is 4.39 Å². The Balaban J connectivity index is 1.69. The third-order valence-corrected chi connectivity index (χ3v) is 6.49. The zero-order chi connectivity index (χ0) is 22.5. The number of rotatable bonds is 6. The van der Waals surface area contributed by atoms with Crippen molar-refractivity contribution in [1.29, 1.82) is 0 Å². The molecule has 170 valence electrons. The summed E-state index contributed by atoms with van der Waals surface area (Å²) in [5, 5.41) is 0. The molecule has 4 rings (SSSR count). The number of imidazole rings is 1. The highest BCUT2D eigenvalue weighted by Gasteiger charge is 2.30. The van der Waals surface area contributed by atoms with Gasteiger partial charge in [0.2, 0.25) is 0 Å². The van der Waals surface area contributed by atoms with Crippen LogP contribution in [0.2, 0.25) is 0 Å². The summed E-state index contributed by atoms with van der Waals surface area (Å²) in [6, 6.07) is 6.53. The molecule has 6 nitrogen and oxygen atoms in total. The minimum atomic E-state index is -0.887. The lowest BCUT2D eigenvalue weighted by molar-refractivity contribution is -0.143. The normalized spacial score (nSPS) is 17.5. The van der Waals surface area contributed by atoms with Crippen molar-refractivity contribution in [2.24, 2.45) is 11.7 Å². The maximum atomic E-state index is 15.7. The molecular weight excluding hydrogens is 407 g/mol. The van der Waals surface area contributed by atoms with Crippen LogP contribution in [-0.4, -0.2) is 27.5 Å². The van der Waals surface area contributed by atoms with Gasteiger partial charge in [-0.2, -0.15) is 0 Å². The SMILES string of the molecule is CCOC(=O)C(c1ccncc1)c1ccc2[nH]c(C(N)C3CCCCCCC3)nc2c1F. The molecule has 1 saturated carbocycles. The number of ether oxygens (including phenoxy) is 1. The Morgan fingerprint density at radius 3 is 2.53 bits per heavy atom. The standard InChI is InChI=1S/C25H31FN4O2/c1-2-32-25(31)20(16-12-14-28-15-13-16)18-10-11-19-23(21(18)26)30-24(29-19)22(27)17-8-6-4-3-5-7-9-17/h10-15,17,20,22H,2-9,27H2,1H3,(H,29,30). The summed E-state index contributed by atoms with van der Waals surface area (Å²) in [6.07, 6.45) is 11.4. The van der Waals surface area contributed by atoms with Crippen molar-refractivity contribution in [3.63, 3.8) is 0 Å². The number of aromatic nitrogens is 3. The predicted octanol–water partition coefficient (Wildman–Crippen LogP) is 5.15. The summed E-state index contributed by atoms with van der Waals surface area (Å²) in [7, 11) is 0. The average molecular weight is 439 g/mol. The van der Waals surface area contributed by atoms with Gasteiger partial charge in [0.15, 0.2) is 5.82 Å². The first-order chi connectivity index (χ1) is 15.6. The summed E-state index contributed by atoms with van der Waals surface area (Å²) < 4.78 is 20.9. The molecule has 1 fully saturated rings. The minimum absolute atomic E-state index is 0.210. The van der Waals surface area contributed by atoms with Crippen LogP contribution >= 0.6 is 0 Å². The molecular formula is C25H31FN4O2. The topological polar surface area (TPSA) is 93.9 Å². The Morgan fingerprint density at radius 1 is 1.16 bits per heavy atom. The van der Waals surface area contributed by atoms with Gasteiger partial charge in [0.25, 0.3) is 0 Å². The van der Waals surface area contributed by atoms with E-state index in [1.807, 2.05) is 0 Å². The number of hydrogen-bond acceptors (Lipinski definition) is 5. The number of carbonyl (C=O) groups excluding carboxylic acids is 1. The Morgan fingerprint density at radius 2 is 1.84 bits per heavy atom. The molecule has 2 atom stereocenters. The number of fused-ring (bicyclic) bond motifs is 1. The average Bonchev–Trinajstić information content (AvgIpc) is 3.21. The fourth-order valence-corrected chi connectivity index (χ4v) is 4.75. The Hall–Kier alpha value is -2.80. The molecule has 7 heteroatoms. The molecule has 2 aromatic heterocycles. The van der Waals surface area contributed by atoms with Crippen LogP contribution in [0.5, 0.6) is 0 Å². The molecule has 1 aliphatic rings. The first-order valence-electron chi connectivity index (χ1n) is 11.6. The van der Waals surface area contributed by atoms with Crippen LogP contribution in [0.3, 0.4) is 0 Å². The van der Waals surface area contributed by atoms with Gasteiger partial charge in [-0.25, -0.2) is 9.37 Å². The predicted molar refractivity (Wildman–Crippen MR) is 122 cm³/mol. The molecule has 0 bridgehead atoms. The van der Waals surface area contributed by atoms with Gasteiger partial charge in [-0.1, -0.05) is 38.2 Å². The first kappa shape index (κ1) is 22.4. The van der Waals surface area contributed by atoms with E-state index in [4.69, 9.17) is 10.5 Å². The number of halogens is 1. The van der Waals surface area contributed by atoms with Gasteiger partial charge >= 0.3 is 5.97 Å². The minimum Gasteiger partial charge on any atom is -0.465 e. The van der Waals surface area contributed by atoms with Gasteiger partial charge in [-0.15, -0.1) is 0 Å². The molecule has 1 aliphatic carbocycles. The van der Waals surface area contributed by atoms with E-state index in [1.54, 1.807) is 43.6 Å². The lowest BCUT2D eigenvalue weighted by Gasteiger charge is -2.24. The van der Waals surface area contributed by atoms with Crippen LogP contribution in [0, 0.1) is 11.7 Å². The number of hydrogen-bond donors (Lipinski definition) is 2. The number of esters is 1. The van der Waals surface area contributed by atoms with Gasteiger partial charge < -0.3 is 15.5 Å². The fraction of sp³-hybridized carbons (Fsp3) is 0.480. The summed E-state index contributed by atoms with van der Waals surface area (Å²) >= 11 is 0. The van der Waals surface area contributed by atoms with Gasteiger partial charge in [0.05, 0.1) is 18.2 Å². The van der Waals surface area contributed by atoms with Gasteiger partial charge in [0, 0.05) is 18.0 Å². The molecule has 3 aromatic rings. The summed E-state index contributed by atoms with van der Waals surface area (Å²) in [6.45, 7) is 1.95. The maximum absolute atomic E-state index is 15.7. The second-order valence-electron chi connectivity index (χ2n) is 8.58. The second kappa shape index (κ2) is 10.2. The van der Waals surface area contributed by atoms with Crippen LogP contribution < -0.4 is 5.73 Å². The molecule has 0 aliphatic heterocycles.